The summed E-state index contributed by atoms with van der Waals surface area (Å²) in [5.41, 5.74) is 6.25. The Morgan fingerprint density at radius 1 is 1.32 bits per heavy atom. The van der Waals surface area contributed by atoms with E-state index < -0.39 is 0 Å². The molecule has 0 unspecified atom stereocenters. The molecule has 1 aromatic carbocycles. The molecule has 0 amide bonds. The minimum Gasteiger partial charge on any atom is -0.348 e. The van der Waals surface area contributed by atoms with Gasteiger partial charge in [-0.1, -0.05) is 13.0 Å². The van der Waals surface area contributed by atoms with Crippen molar-refractivity contribution in [1.29, 1.82) is 0 Å². The summed E-state index contributed by atoms with van der Waals surface area (Å²) in [4.78, 5) is 0. The van der Waals surface area contributed by atoms with Crippen LogP contribution in [-0.4, -0.2) is 18.2 Å². The molecule has 19 heavy (non-hydrogen) atoms. The van der Waals surface area contributed by atoms with Crippen LogP contribution < -0.4 is 5.32 Å². The molecule has 1 heterocycles. The zero-order valence-corrected chi connectivity index (χ0v) is 12.5. The summed E-state index contributed by atoms with van der Waals surface area (Å²) < 4.78 is 2.36. The van der Waals surface area contributed by atoms with E-state index in [1.807, 2.05) is 0 Å². The minimum absolute atomic E-state index is 0.394. The number of aryl methyl sites for hydroxylation is 2. The molecule has 0 saturated heterocycles. The molecule has 3 rings (SSSR count). The zero-order chi connectivity index (χ0) is 13.6. The molecule has 0 radical (unpaired) electrons. The third-order valence-electron chi connectivity index (χ3n) is 4.86. The fraction of sp³-hybridized carbons (Fsp3) is 0.529. The van der Waals surface area contributed by atoms with E-state index in [1.54, 1.807) is 5.56 Å². The van der Waals surface area contributed by atoms with Gasteiger partial charge in [-0.2, -0.15) is 0 Å². The van der Waals surface area contributed by atoms with E-state index in [0.717, 1.165) is 13.0 Å². The lowest BCUT2D eigenvalue weighted by molar-refractivity contribution is 0.621. The van der Waals surface area contributed by atoms with Crippen molar-refractivity contribution < 1.29 is 0 Å². The van der Waals surface area contributed by atoms with Crippen molar-refractivity contribution >= 4 is 10.9 Å². The van der Waals surface area contributed by atoms with Crippen LogP contribution in [0.1, 0.15) is 36.6 Å². The number of aromatic nitrogens is 1. The van der Waals surface area contributed by atoms with Crippen molar-refractivity contribution in [1.82, 2.24) is 9.88 Å². The van der Waals surface area contributed by atoms with Crippen molar-refractivity contribution in [2.45, 2.75) is 38.5 Å². The number of fused-ring (bicyclic) bond motifs is 1. The molecule has 0 atom stereocenters. The molecule has 2 aromatic rings. The first-order valence-corrected chi connectivity index (χ1v) is 7.36. The fourth-order valence-corrected chi connectivity index (χ4v) is 3.51. The minimum atomic E-state index is 0.394. The van der Waals surface area contributed by atoms with E-state index >= 15 is 0 Å². The van der Waals surface area contributed by atoms with Crippen molar-refractivity contribution in [2.24, 2.45) is 7.05 Å². The van der Waals surface area contributed by atoms with Crippen LogP contribution in [0.2, 0.25) is 0 Å². The molecule has 0 aliphatic heterocycles. The SMILES string of the molecule is CCc1ccc2c(c1)c(C1(CNC)CC1)c(C)n2C. The molecule has 2 heteroatoms. The lowest BCUT2D eigenvalue weighted by Crippen LogP contribution is -2.24. The van der Waals surface area contributed by atoms with E-state index in [-0.39, 0.29) is 0 Å². The largest absolute Gasteiger partial charge is 0.348 e. The average Bonchev–Trinajstić information content (AvgIpc) is 3.13. The van der Waals surface area contributed by atoms with Gasteiger partial charge in [0.1, 0.15) is 0 Å². The number of nitrogens with zero attached hydrogens (tertiary/aromatic N) is 1. The van der Waals surface area contributed by atoms with Crippen LogP contribution in [0.15, 0.2) is 18.2 Å². The molecule has 2 nitrogen and oxygen atoms in total. The van der Waals surface area contributed by atoms with Crippen LogP contribution in [-0.2, 0) is 18.9 Å². The Balaban J connectivity index is 2.25. The first-order valence-electron chi connectivity index (χ1n) is 7.36. The van der Waals surface area contributed by atoms with Gasteiger partial charge in [0, 0.05) is 35.6 Å². The topological polar surface area (TPSA) is 17.0 Å². The van der Waals surface area contributed by atoms with Gasteiger partial charge in [-0.15, -0.1) is 0 Å². The Morgan fingerprint density at radius 3 is 2.63 bits per heavy atom. The van der Waals surface area contributed by atoms with Crippen LogP contribution in [0.5, 0.6) is 0 Å². The van der Waals surface area contributed by atoms with Crippen LogP contribution in [0.4, 0.5) is 0 Å². The maximum Gasteiger partial charge on any atom is 0.0483 e. The molecule has 1 N–H and O–H groups in total. The second-order valence-corrected chi connectivity index (χ2v) is 6.04. The molecule has 1 aromatic heterocycles. The van der Waals surface area contributed by atoms with Gasteiger partial charge < -0.3 is 9.88 Å². The van der Waals surface area contributed by atoms with Crippen molar-refractivity contribution in [3.63, 3.8) is 0 Å². The summed E-state index contributed by atoms with van der Waals surface area (Å²) in [6, 6.07) is 6.97. The Labute approximate surface area is 115 Å². The Hall–Kier alpha value is -1.28. The third-order valence-corrected chi connectivity index (χ3v) is 4.86. The van der Waals surface area contributed by atoms with Gasteiger partial charge in [-0.05, 0) is 56.5 Å². The monoisotopic (exact) mass is 256 g/mol. The summed E-state index contributed by atoms with van der Waals surface area (Å²) in [7, 11) is 4.26. The molecule has 0 bridgehead atoms. The van der Waals surface area contributed by atoms with E-state index in [0.29, 0.717) is 5.41 Å². The van der Waals surface area contributed by atoms with Gasteiger partial charge >= 0.3 is 0 Å². The first kappa shape index (κ1) is 12.7. The highest BCUT2D eigenvalue weighted by molar-refractivity contribution is 5.88. The third kappa shape index (κ3) is 1.81. The number of nitrogens with one attached hydrogen (secondary N) is 1. The number of hydrogen-bond acceptors (Lipinski definition) is 1. The van der Waals surface area contributed by atoms with Gasteiger partial charge in [0.05, 0.1) is 0 Å². The van der Waals surface area contributed by atoms with Crippen LogP contribution >= 0.6 is 0 Å². The molecule has 0 spiro atoms. The predicted molar refractivity (Wildman–Crippen MR) is 81.9 cm³/mol. The number of hydrogen-bond donors (Lipinski definition) is 1. The average molecular weight is 256 g/mol. The number of likely N-dealkylation sites (N-methyl/N-ethyl adjacent to an activating group) is 1. The fourth-order valence-electron chi connectivity index (χ4n) is 3.51. The van der Waals surface area contributed by atoms with Gasteiger partial charge in [0.2, 0.25) is 0 Å². The highest BCUT2D eigenvalue weighted by atomic mass is 15.0. The highest BCUT2D eigenvalue weighted by Gasteiger charge is 2.46. The van der Waals surface area contributed by atoms with E-state index in [9.17, 15) is 0 Å². The number of rotatable bonds is 4. The normalized spacial score (nSPS) is 17.1. The van der Waals surface area contributed by atoms with E-state index in [4.69, 9.17) is 0 Å². The summed E-state index contributed by atoms with van der Waals surface area (Å²) in [6.07, 6.45) is 3.76. The van der Waals surface area contributed by atoms with E-state index in [1.165, 1.54) is 35.0 Å². The zero-order valence-electron chi connectivity index (χ0n) is 12.5. The Bertz CT molecular complexity index is 618. The van der Waals surface area contributed by atoms with Gasteiger partial charge in [0.25, 0.3) is 0 Å². The molecule has 1 aliphatic rings. The second-order valence-electron chi connectivity index (χ2n) is 6.04. The molecule has 1 saturated carbocycles. The molecular formula is C17H24N2. The quantitative estimate of drug-likeness (QED) is 0.888. The van der Waals surface area contributed by atoms with Crippen LogP contribution in [0.3, 0.4) is 0 Å². The Morgan fingerprint density at radius 2 is 2.05 bits per heavy atom. The van der Waals surface area contributed by atoms with Crippen molar-refractivity contribution in [3.05, 3.63) is 35.0 Å². The summed E-state index contributed by atoms with van der Waals surface area (Å²) >= 11 is 0. The van der Waals surface area contributed by atoms with Gasteiger partial charge in [-0.3, -0.25) is 0 Å². The van der Waals surface area contributed by atoms with Crippen molar-refractivity contribution in [2.75, 3.05) is 13.6 Å². The maximum absolute atomic E-state index is 3.39. The van der Waals surface area contributed by atoms with Crippen molar-refractivity contribution in [3.8, 4) is 0 Å². The lowest BCUT2D eigenvalue weighted by atomic mass is 9.92. The second kappa shape index (κ2) is 4.38. The molecule has 102 valence electrons. The maximum atomic E-state index is 3.39. The van der Waals surface area contributed by atoms with E-state index in [2.05, 4.69) is 56.0 Å². The Kier molecular flexibility index (Phi) is 2.94. The molecular weight excluding hydrogens is 232 g/mol. The smallest absolute Gasteiger partial charge is 0.0483 e. The molecule has 1 aliphatic carbocycles. The first-order chi connectivity index (χ1) is 9.13. The summed E-state index contributed by atoms with van der Waals surface area (Å²) in [6.45, 7) is 5.61. The highest BCUT2D eigenvalue weighted by Crippen LogP contribution is 2.51. The summed E-state index contributed by atoms with van der Waals surface area (Å²) in [5, 5.41) is 4.87. The molecule has 1 fully saturated rings. The van der Waals surface area contributed by atoms with Crippen LogP contribution in [0, 0.1) is 6.92 Å². The van der Waals surface area contributed by atoms with Gasteiger partial charge in [-0.25, -0.2) is 0 Å². The van der Waals surface area contributed by atoms with Gasteiger partial charge in [0.15, 0.2) is 0 Å². The number of benzene rings is 1. The lowest BCUT2D eigenvalue weighted by Gasteiger charge is -2.16. The summed E-state index contributed by atoms with van der Waals surface area (Å²) in [5.74, 6) is 0. The predicted octanol–water partition coefficient (Wildman–Crippen LogP) is 3.30. The standard InChI is InChI=1S/C17H24N2/c1-5-13-6-7-15-14(10-13)16(12(2)19(15)4)17(8-9-17)11-18-3/h6-7,10,18H,5,8-9,11H2,1-4H3. The van der Waals surface area contributed by atoms with Crippen LogP contribution in [0.25, 0.3) is 10.9 Å².